The number of halogens is 2. The lowest BCUT2D eigenvalue weighted by Crippen LogP contribution is -2.44. The first kappa shape index (κ1) is 20.7. The zero-order valence-corrected chi connectivity index (χ0v) is 15.7. The van der Waals surface area contributed by atoms with Gasteiger partial charge >= 0.3 is 6.03 Å². The minimum Gasteiger partial charge on any atom is -0.337 e. The minimum atomic E-state index is -0.528. The van der Waals surface area contributed by atoms with Crippen LogP contribution in [0.3, 0.4) is 0 Å². The maximum atomic E-state index is 12.9. The number of benzene rings is 2. The second-order valence-electron chi connectivity index (χ2n) is 6.33. The summed E-state index contributed by atoms with van der Waals surface area (Å²) in [4.78, 5) is 26.0. The van der Waals surface area contributed by atoms with Crippen LogP contribution < -0.4 is 16.4 Å². The largest absolute Gasteiger partial charge is 0.337 e. The smallest absolute Gasteiger partial charge is 0.323 e. The number of carbonyl (C=O) groups excluding carboxylic acids is 2. The van der Waals surface area contributed by atoms with Crippen LogP contribution in [0.4, 0.5) is 20.6 Å². The van der Waals surface area contributed by atoms with Gasteiger partial charge < -0.3 is 21.3 Å². The number of amides is 3. The molecule has 0 radical (unpaired) electrons. The fraction of sp³-hybridized carbons (Fsp3) is 0.263. The van der Waals surface area contributed by atoms with Gasteiger partial charge in [-0.1, -0.05) is 12.1 Å². The molecule has 4 N–H and O–H groups in total. The van der Waals surface area contributed by atoms with Crippen molar-refractivity contribution in [3.05, 3.63) is 59.4 Å². The molecule has 27 heavy (non-hydrogen) atoms. The third-order valence-electron chi connectivity index (χ3n) is 4.32. The van der Waals surface area contributed by atoms with Gasteiger partial charge in [-0.15, -0.1) is 12.4 Å². The molecule has 0 bridgehead atoms. The molecule has 1 aliphatic heterocycles. The third-order valence-corrected chi connectivity index (χ3v) is 4.32. The number of carbonyl (C=O) groups is 2. The van der Waals surface area contributed by atoms with E-state index in [0.29, 0.717) is 30.9 Å². The van der Waals surface area contributed by atoms with E-state index in [1.165, 1.54) is 24.3 Å². The van der Waals surface area contributed by atoms with Crippen LogP contribution in [-0.4, -0.2) is 29.4 Å². The highest BCUT2D eigenvalue weighted by Crippen LogP contribution is 2.26. The molecule has 2 aromatic rings. The van der Waals surface area contributed by atoms with Crippen LogP contribution in [0.1, 0.15) is 18.1 Å². The molecule has 3 rings (SSSR count). The first-order valence-electron chi connectivity index (χ1n) is 8.43. The zero-order chi connectivity index (χ0) is 18.7. The lowest BCUT2D eigenvalue weighted by Gasteiger charge is -2.31. The fourth-order valence-corrected chi connectivity index (χ4v) is 3.02. The Hall–Kier alpha value is -2.64. The highest BCUT2D eigenvalue weighted by molar-refractivity contribution is 6.00. The van der Waals surface area contributed by atoms with E-state index in [9.17, 15) is 14.0 Å². The standard InChI is InChI=1S/C19H21FN4O2.ClH/c1-12(21)18(25)24-10-9-16-13(11-24)3-2-4-17(16)23-19(26)22-15-7-5-14(20)6-8-15;/h2-8,12H,9-11,21H2,1H3,(H2,22,23,26);1H/t12-;/m1./s1. The molecule has 1 atom stereocenters. The Balaban J connectivity index is 0.00000261. The van der Waals surface area contributed by atoms with E-state index < -0.39 is 12.1 Å². The number of rotatable bonds is 3. The SMILES string of the molecule is C[C@@H](N)C(=O)N1CCc2c(cccc2NC(=O)Nc2ccc(F)cc2)C1.Cl. The second kappa shape index (κ2) is 8.83. The second-order valence-corrected chi connectivity index (χ2v) is 6.33. The lowest BCUT2D eigenvalue weighted by molar-refractivity contribution is -0.133. The van der Waals surface area contributed by atoms with Crippen molar-refractivity contribution in [1.82, 2.24) is 4.90 Å². The van der Waals surface area contributed by atoms with E-state index in [0.717, 1.165) is 11.1 Å². The average Bonchev–Trinajstić information content (AvgIpc) is 2.62. The first-order chi connectivity index (χ1) is 12.4. The third kappa shape index (κ3) is 4.96. The number of nitrogens with one attached hydrogen (secondary N) is 2. The van der Waals surface area contributed by atoms with Crippen molar-refractivity contribution < 1.29 is 14.0 Å². The van der Waals surface area contributed by atoms with E-state index in [-0.39, 0.29) is 24.1 Å². The fourth-order valence-electron chi connectivity index (χ4n) is 3.02. The summed E-state index contributed by atoms with van der Waals surface area (Å²) in [7, 11) is 0. The molecule has 6 nitrogen and oxygen atoms in total. The van der Waals surface area contributed by atoms with Gasteiger partial charge in [-0.05, 0) is 54.8 Å². The van der Waals surface area contributed by atoms with Crippen LogP contribution in [0.15, 0.2) is 42.5 Å². The zero-order valence-electron chi connectivity index (χ0n) is 14.9. The van der Waals surface area contributed by atoms with Crippen molar-refractivity contribution in [2.24, 2.45) is 5.73 Å². The monoisotopic (exact) mass is 392 g/mol. The number of anilines is 2. The molecular formula is C19H22ClFN4O2. The van der Waals surface area contributed by atoms with Gasteiger partial charge in [-0.3, -0.25) is 4.79 Å². The van der Waals surface area contributed by atoms with E-state index in [2.05, 4.69) is 10.6 Å². The number of nitrogens with zero attached hydrogens (tertiary/aromatic N) is 1. The molecule has 0 spiro atoms. The van der Waals surface area contributed by atoms with Crippen molar-refractivity contribution in [3.8, 4) is 0 Å². The van der Waals surface area contributed by atoms with Crippen molar-refractivity contribution in [1.29, 1.82) is 0 Å². The summed E-state index contributed by atoms with van der Waals surface area (Å²) in [6, 6.07) is 10.2. The molecule has 1 aliphatic rings. The van der Waals surface area contributed by atoms with Crippen molar-refractivity contribution in [3.63, 3.8) is 0 Å². The van der Waals surface area contributed by atoms with Crippen molar-refractivity contribution >= 4 is 35.7 Å². The Morgan fingerprint density at radius 2 is 1.85 bits per heavy atom. The van der Waals surface area contributed by atoms with Crippen molar-refractivity contribution in [2.75, 3.05) is 17.2 Å². The van der Waals surface area contributed by atoms with Crippen LogP contribution in [0.5, 0.6) is 0 Å². The van der Waals surface area contributed by atoms with Gasteiger partial charge in [-0.25, -0.2) is 9.18 Å². The normalized spacial score (nSPS) is 13.8. The van der Waals surface area contributed by atoms with E-state index in [1.54, 1.807) is 11.8 Å². The number of nitrogens with two attached hydrogens (primary N) is 1. The van der Waals surface area contributed by atoms with Crippen LogP contribution in [-0.2, 0) is 17.8 Å². The summed E-state index contributed by atoms with van der Waals surface area (Å²) < 4.78 is 12.9. The quantitative estimate of drug-likeness (QED) is 0.749. The minimum absolute atomic E-state index is 0. The average molecular weight is 393 g/mol. The number of hydrogen-bond acceptors (Lipinski definition) is 3. The van der Waals surface area contributed by atoms with Gasteiger partial charge in [0.05, 0.1) is 6.04 Å². The highest BCUT2D eigenvalue weighted by Gasteiger charge is 2.24. The van der Waals surface area contributed by atoms with Crippen LogP contribution in [0.2, 0.25) is 0 Å². The number of fused-ring (bicyclic) bond motifs is 1. The Labute approximate surface area is 163 Å². The molecule has 0 saturated heterocycles. The van der Waals surface area contributed by atoms with Gasteiger partial charge in [0, 0.05) is 24.5 Å². The van der Waals surface area contributed by atoms with E-state index in [4.69, 9.17) is 5.73 Å². The van der Waals surface area contributed by atoms with E-state index in [1.807, 2.05) is 18.2 Å². The maximum absolute atomic E-state index is 12.9. The first-order valence-corrected chi connectivity index (χ1v) is 8.43. The van der Waals surface area contributed by atoms with Crippen LogP contribution in [0.25, 0.3) is 0 Å². The van der Waals surface area contributed by atoms with Gasteiger partial charge in [0.15, 0.2) is 0 Å². The lowest BCUT2D eigenvalue weighted by atomic mass is 9.97. The van der Waals surface area contributed by atoms with Gasteiger partial charge in [0.2, 0.25) is 5.91 Å². The Bertz CT molecular complexity index is 827. The summed E-state index contributed by atoms with van der Waals surface area (Å²) >= 11 is 0. The summed E-state index contributed by atoms with van der Waals surface area (Å²) in [6.07, 6.45) is 0.640. The molecule has 3 amide bonds. The summed E-state index contributed by atoms with van der Waals surface area (Å²) in [6.45, 7) is 2.71. The topological polar surface area (TPSA) is 87.5 Å². The van der Waals surface area contributed by atoms with Crippen molar-refractivity contribution in [2.45, 2.75) is 25.9 Å². The summed E-state index contributed by atoms with van der Waals surface area (Å²) in [5.41, 5.74) is 8.89. The highest BCUT2D eigenvalue weighted by atomic mass is 35.5. The molecule has 1 heterocycles. The molecule has 0 saturated carbocycles. The molecule has 0 fully saturated rings. The molecule has 0 unspecified atom stereocenters. The predicted octanol–water partition coefficient (Wildman–Crippen LogP) is 3.12. The molecule has 0 aliphatic carbocycles. The van der Waals surface area contributed by atoms with Gasteiger partial charge in [-0.2, -0.15) is 0 Å². The summed E-state index contributed by atoms with van der Waals surface area (Å²) in [5.74, 6) is -0.443. The number of hydrogen-bond donors (Lipinski definition) is 3. The molecule has 144 valence electrons. The molecule has 8 heteroatoms. The van der Waals surface area contributed by atoms with E-state index >= 15 is 0 Å². The Kier molecular flexibility index (Phi) is 6.76. The maximum Gasteiger partial charge on any atom is 0.323 e. The molecule has 2 aromatic carbocycles. The van der Waals surface area contributed by atoms with Crippen LogP contribution in [0, 0.1) is 5.82 Å². The van der Waals surface area contributed by atoms with Crippen LogP contribution >= 0.6 is 12.4 Å². The number of urea groups is 1. The Morgan fingerprint density at radius 3 is 2.52 bits per heavy atom. The molecular weight excluding hydrogens is 371 g/mol. The van der Waals surface area contributed by atoms with Gasteiger partial charge in [0.25, 0.3) is 0 Å². The summed E-state index contributed by atoms with van der Waals surface area (Å²) in [5, 5.41) is 5.50. The van der Waals surface area contributed by atoms with Gasteiger partial charge in [0.1, 0.15) is 5.82 Å². The predicted molar refractivity (Wildman–Crippen MR) is 106 cm³/mol. The Morgan fingerprint density at radius 1 is 1.15 bits per heavy atom. The molecule has 0 aromatic heterocycles.